The Kier molecular flexibility index (Phi) is 5.27. The van der Waals surface area contributed by atoms with Gasteiger partial charge in [-0.25, -0.2) is 4.98 Å². The number of aliphatic hydroxyl groups is 1. The van der Waals surface area contributed by atoms with Gasteiger partial charge >= 0.3 is 0 Å². The zero-order chi connectivity index (χ0) is 18.8. The molecule has 0 saturated heterocycles. The van der Waals surface area contributed by atoms with Crippen LogP contribution >= 0.6 is 23.2 Å². The molecule has 0 spiro atoms. The highest BCUT2D eigenvalue weighted by Gasteiger charge is 2.17. The molecule has 6 nitrogen and oxygen atoms in total. The first-order valence-electron chi connectivity index (χ1n) is 7.77. The summed E-state index contributed by atoms with van der Waals surface area (Å²) in [7, 11) is 0. The van der Waals surface area contributed by atoms with E-state index in [1.54, 1.807) is 24.3 Å². The second kappa shape index (κ2) is 7.45. The van der Waals surface area contributed by atoms with E-state index in [1.165, 1.54) is 12.3 Å². The maximum atomic E-state index is 12.5. The molecule has 0 unspecified atom stereocenters. The number of aliphatic hydroxyl groups excluding tert-OH is 1. The highest BCUT2D eigenvalue weighted by molar-refractivity contribution is 6.35. The van der Waals surface area contributed by atoms with Crippen molar-refractivity contribution in [2.45, 2.75) is 13.0 Å². The van der Waals surface area contributed by atoms with Crippen LogP contribution in [0.15, 0.2) is 41.3 Å². The van der Waals surface area contributed by atoms with Crippen LogP contribution in [0.4, 0.5) is 0 Å². The number of pyridine rings is 2. The SMILES string of the molecule is Cc1ccc2c(=O)c(C(=O)NC[C@@H](O)c3ccc(Cl)cc3Cl)c[nH]c2n1. The van der Waals surface area contributed by atoms with Gasteiger partial charge in [0, 0.05) is 34.0 Å². The van der Waals surface area contributed by atoms with Crippen molar-refractivity contribution in [3.63, 3.8) is 0 Å². The molecule has 8 heteroatoms. The van der Waals surface area contributed by atoms with Crippen LogP contribution in [-0.4, -0.2) is 27.5 Å². The smallest absolute Gasteiger partial charge is 0.256 e. The lowest BCUT2D eigenvalue weighted by Crippen LogP contribution is -2.32. The standard InChI is InChI=1S/C18H15Cl2N3O3/c1-9-2-4-12-16(25)13(7-21-17(12)23-9)18(26)22-8-15(24)11-5-3-10(19)6-14(11)20/h2-7,15,24H,8H2,1H3,(H,22,26)(H,21,23,25)/t15-/m1/s1. The summed E-state index contributed by atoms with van der Waals surface area (Å²) in [5, 5.41) is 13.8. The van der Waals surface area contributed by atoms with Crippen LogP contribution in [0.2, 0.25) is 10.0 Å². The molecule has 1 atom stereocenters. The molecule has 1 aromatic carbocycles. The number of hydrogen-bond donors (Lipinski definition) is 3. The molecule has 3 aromatic rings. The molecule has 0 aliphatic rings. The van der Waals surface area contributed by atoms with Gasteiger partial charge in [-0.3, -0.25) is 9.59 Å². The first kappa shape index (κ1) is 18.4. The van der Waals surface area contributed by atoms with E-state index in [0.717, 1.165) is 5.69 Å². The van der Waals surface area contributed by atoms with Gasteiger partial charge in [-0.05, 0) is 31.2 Å². The number of hydrogen-bond acceptors (Lipinski definition) is 4. The lowest BCUT2D eigenvalue weighted by molar-refractivity contribution is 0.0915. The second-order valence-electron chi connectivity index (χ2n) is 5.77. The summed E-state index contributed by atoms with van der Waals surface area (Å²) in [6, 6.07) is 8.00. The van der Waals surface area contributed by atoms with Crippen molar-refractivity contribution in [2.75, 3.05) is 6.54 Å². The van der Waals surface area contributed by atoms with Crippen molar-refractivity contribution in [1.29, 1.82) is 0 Å². The maximum absolute atomic E-state index is 12.5. The van der Waals surface area contributed by atoms with Crippen molar-refractivity contribution in [3.05, 3.63) is 73.6 Å². The van der Waals surface area contributed by atoms with E-state index in [2.05, 4.69) is 15.3 Å². The number of rotatable bonds is 4. The lowest BCUT2D eigenvalue weighted by Gasteiger charge is -2.14. The summed E-state index contributed by atoms with van der Waals surface area (Å²) < 4.78 is 0. The number of carbonyl (C=O) groups is 1. The van der Waals surface area contributed by atoms with Crippen LogP contribution in [0, 0.1) is 6.92 Å². The van der Waals surface area contributed by atoms with Crippen LogP contribution in [0.5, 0.6) is 0 Å². The third-order valence-electron chi connectivity index (χ3n) is 3.90. The maximum Gasteiger partial charge on any atom is 0.256 e. The molecule has 0 radical (unpaired) electrons. The van der Waals surface area contributed by atoms with Crippen molar-refractivity contribution in [1.82, 2.24) is 15.3 Å². The molecular weight excluding hydrogens is 377 g/mol. The summed E-state index contributed by atoms with van der Waals surface area (Å²) in [5.41, 5.74) is 1.12. The summed E-state index contributed by atoms with van der Waals surface area (Å²) in [6.07, 6.45) is 0.279. The third-order valence-corrected chi connectivity index (χ3v) is 4.46. The number of H-pyrrole nitrogens is 1. The van der Waals surface area contributed by atoms with Gasteiger partial charge in [0.15, 0.2) is 0 Å². The second-order valence-corrected chi connectivity index (χ2v) is 6.62. The third kappa shape index (κ3) is 3.72. The Morgan fingerprint density at radius 2 is 2.08 bits per heavy atom. The molecule has 3 N–H and O–H groups in total. The topological polar surface area (TPSA) is 95.1 Å². The average Bonchev–Trinajstić information content (AvgIpc) is 2.59. The number of fused-ring (bicyclic) bond motifs is 1. The van der Waals surface area contributed by atoms with Crippen molar-refractivity contribution in [3.8, 4) is 0 Å². The highest BCUT2D eigenvalue weighted by Crippen LogP contribution is 2.25. The predicted octanol–water partition coefficient (Wildman–Crippen LogP) is 3.00. The van der Waals surface area contributed by atoms with Gasteiger partial charge in [0.25, 0.3) is 5.91 Å². The van der Waals surface area contributed by atoms with Crippen LogP contribution in [-0.2, 0) is 0 Å². The Bertz CT molecular complexity index is 1050. The molecule has 1 amide bonds. The lowest BCUT2D eigenvalue weighted by atomic mass is 10.1. The zero-order valence-electron chi connectivity index (χ0n) is 13.7. The van der Waals surface area contributed by atoms with Crippen LogP contribution < -0.4 is 10.7 Å². The summed E-state index contributed by atoms with van der Waals surface area (Å²) in [5.74, 6) is -0.599. The van der Waals surface area contributed by atoms with E-state index in [9.17, 15) is 14.7 Å². The van der Waals surface area contributed by atoms with Crippen molar-refractivity contribution >= 4 is 40.1 Å². The van der Waals surface area contributed by atoms with Crippen LogP contribution in [0.1, 0.15) is 27.7 Å². The number of aromatic nitrogens is 2. The molecule has 3 rings (SSSR count). The Morgan fingerprint density at radius 3 is 2.81 bits per heavy atom. The Balaban J connectivity index is 1.78. The van der Waals surface area contributed by atoms with Crippen LogP contribution in [0.3, 0.4) is 0 Å². The fourth-order valence-corrected chi connectivity index (χ4v) is 3.07. The molecule has 0 aliphatic carbocycles. The number of amides is 1. The summed E-state index contributed by atoms with van der Waals surface area (Å²) in [4.78, 5) is 31.9. The number of nitrogens with one attached hydrogen (secondary N) is 2. The fraction of sp³-hybridized carbons (Fsp3) is 0.167. The number of benzene rings is 1. The quantitative estimate of drug-likeness (QED) is 0.636. The molecule has 134 valence electrons. The summed E-state index contributed by atoms with van der Waals surface area (Å²) >= 11 is 11.9. The van der Waals surface area contributed by atoms with Gasteiger partial charge in [-0.1, -0.05) is 29.3 Å². The number of halogens is 2. The molecular formula is C18H15Cl2N3O3. The van der Waals surface area contributed by atoms with E-state index in [0.29, 0.717) is 26.6 Å². The van der Waals surface area contributed by atoms with Crippen molar-refractivity contribution in [2.24, 2.45) is 0 Å². The van der Waals surface area contributed by atoms with Gasteiger partial charge in [-0.15, -0.1) is 0 Å². The first-order valence-corrected chi connectivity index (χ1v) is 8.52. The van der Waals surface area contributed by atoms with E-state index < -0.39 is 17.4 Å². The largest absolute Gasteiger partial charge is 0.387 e. The minimum absolute atomic E-state index is 0.0578. The minimum Gasteiger partial charge on any atom is -0.387 e. The number of carbonyl (C=O) groups excluding carboxylic acids is 1. The van der Waals surface area contributed by atoms with Crippen molar-refractivity contribution < 1.29 is 9.90 Å². The molecule has 0 fully saturated rings. The minimum atomic E-state index is -1.03. The van der Waals surface area contributed by atoms with E-state index in [1.807, 2.05) is 6.92 Å². The molecule has 0 bridgehead atoms. The molecule has 2 aromatic heterocycles. The van der Waals surface area contributed by atoms with Gasteiger partial charge in [0.1, 0.15) is 11.2 Å². The number of aromatic amines is 1. The van der Waals surface area contributed by atoms with Gasteiger partial charge < -0.3 is 15.4 Å². The van der Waals surface area contributed by atoms with E-state index >= 15 is 0 Å². The van der Waals surface area contributed by atoms with E-state index in [-0.39, 0.29) is 12.1 Å². The van der Waals surface area contributed by atoms with Gasteiger partial charge in [0.2, 0.25) is 5.43 Å². The monoisotopic (exact) mass is 391 g/mol. The fourth-order valence-electron chi connectivity index (χ4n) is 2.54. The molecule has 0 saturated carbocycles. The van der Waals surface area contributed by atoms with Gasteiger partial charge in [-0.2, -0.15) is 0 Å². The number of nitrogens with zero attached hydrogens (tertiary/aromatic N) is 1. The summed E-state index contributed by atoms with van der Waals surface area (Å²) in [6.45, 7) is 1.70. The highest BCUT2D eigenvalue weighted by atomic mass is 35.5. The average molecular weight is 392 g/mol. The van der Waals surface area contributed by atoms with Gasteiger partial charge in [0.05, 0.1) is 11.5 Å². The Labute approximate surface area is 158 Å². The normalized spacial score (nSPS) is 12.2. The molecule has 26 heavy (non-hydrogen) atoms. The zero-order valence-corrected chi connectivity index (χ0v) is 15.2. The van der Waals surface area contributed by atoms with Crippen LogP contribution in [0.25, 0.3) is 11.0 Å². The molecule has 0 aliphatic heterocycles. The first-order chi connectivity index (χ1) is 12.4. The van der Waals surface area contributed by atoms with E-state index in [4.69, 9.17) is 23.2 Å². The predicted molar refractivity (Wildman–Crippen MR) is 101 cm³/mol. The number of aryl methyl sites for hydroxylation is 1. The molecule has 2 heterocycles. The Hall–Kier alpha value is -2.41. The Morgan fingerprint density at radius 1 is 1.31 bits per heavy atom.